The molecule has 2 aliphatic rings. The maximum atomic E-state index is 12.7. The van der Waals surface area contributed by atoms with Gasteiger partial charge in [-0.05, 0) is 42.2 Å². The van der Waals surface area contributed by atoms with E-state index in [9.17, 15) is 19.8 Å². The van der Waals surface area contributed by atoms with Gasteiger partial charge in [0, 0.05) is 42.4 Å². The first-order valence-corrected chi connectivity index (χ1v) is 14.2. The molecule has 8 heteroatoms. The molecule has 2 aliphatic heterocycles. The molecule has 0 saturated carbocycles. The van der Waals surface area contributed by atoms with Crippen LogP contribution in [-0.2, 0) is 27.3 Å². The predicted octanol–water partition coefficient (Wildman–Crippen LogP) is 4.42. The van der Waals surface area contributed by atoms with E-state index in [4.69, 9.17) is 9.47 Å². The molecule has 0 aliphatic carbocycles. The van der Waals surface area contributed by atoms with Gasteiger partial charge in [0.1, 0.15) is 0 Å². The van der Waals surface area contributed by atoms with Crippen molar-refractivity contribution in [1.29, 1.82) is 0 Å². The number of aliphatic hydroxyl groups is 2. The Kier molecular flexibility index (Phi) is 9.27. The Bertz CT molecular complexity index is 1340. The summed E-state index contributed by atoms with van der Waals surface area (Å²) >= 11 is 0. The second kappa shape index (κ2) is 13.1. The number of carbonyl (C=O) groups is 2. The third kappa shape index (κ3) is 7.28. The molecule has 1 amide bonds. The summed E-state index contributed by atoms with van der Waals surface area (Å²) in [6.45, 7) is 5.80. The molecule has 216 valence electrons. The number of β-amino-alcohol motifs (C(OH)–C–C–N with tert-alkyl or cyclic N) is 1. The highest BCUT2D eigenvalue weighted by Crippen LogP contribution is 2.42. The van der Waals surface area contributed by atoms with Crippen LogP contribution in [0.2, 0.25) is 0 Å². The lowest BCUT2D eigenvalue weighted by Crippen LogP contribution is -2.44. The maximum absolute atomic E-state index is 12.7. The van der Waals surface area contributed by atoms with Crippen LogP contribution >= 0.6 is 0 Å². The summed E-state index contributed by atoms with van der Waals surface area (Å²) in [4.78, 5) is 26.6. The van der Waals surface area contributed by atoms with Crippen LogP contribution in [0.4, 0.5) is 5.69 Å². The van der Waals surface area contributed by atoms with Crippen molar-refractivity contribution >= 4 is 17.4 Å². The second-order valence-corrected chi connectivity index (χ2v) is 11.1. The lowest BCUT2D eigenvalue weighted by Gasteiger charge is -2.42. The highest BCUT2D eigenvalue weighted by Gasteiger charge is 2.39. The third-order valence-corrected chi connectivity index (χ3v) is 7.98. The quantitative estimate of drug-likeness (QED) is 0.334. The number of hydrogen-bond donors (Lipinski definition) is 3. The minimum Gasteiger partial charge on any atom is -0.392 e. The molecule has 0 aromatic heterocycles. The summed E-state index contributed by atoms with van der Waals surface area (Å²) in [5.41, 5.74) is 4.72. The maximum Gasteiger partial charge on any atom is 0.228 e. The Balaban J connectivity index is 1.29. The molecule has 5 unspecified atom stereocenters. The summed E-state index contributed by atoms with van der Waals surface area (Å²) in [6, 6.07) is 22.4. The lowest BCUT2D eigenvalue weighted by atomic mass is 9.90. The number of likely N-dealkylation sites (tertiary alicyclic amines) is 1. The number of nitrogens with one attached hydrogen (secondary N) is 1. The number of ketones is 1. The summed E-state index contributed by atoms with van der Waals surface area (Å²) in [7, 11) is 0. The highest BCUT2D eigenvalue weighted by molar-refractivity contribution is 5.97. The van der Waals surface area contributed by atoms with Gasteiger partial charge in [-0.2, -0.15) is 0 Å². The van der Waals surface area contributed by atoms with Gasteiger partial charge in [0.2, 0.25) is 5.91 Å². The first-order chi connectivity index (χ1) is 19.8. The van der Waals surface area contributed by atoms with Crippen LogP contribution in [0, 0.1) is 5.92 Å². The fourth-order valence-corrected chi connectivity index (χ4v) is 5.56. The molecule has 2 fully saturated rings. The number of anilines is 1. The minimum atomic E-state index is -0.594. The molecule has 0 spiro atoms. The molecular weight excluding hydrogens is 520 g/mol. The highest BCUT2D eigenvalue weighted by atomic mass is 16.7. The van der Waals surface area contributed by atoms with Crippen molar-refractivity contribution in [2.75, 3.05) is 25.0 Å². The van der Waals surface area contributed by atoms with Gasteiger partial charge in [0.25, 0.3) is 0 Å². The van der Waals surface area contributed by atoms with Gasteiger partial charge in [0.05, 0.1) is 31.3 Å². The average molecular weight is 559 g/mol. The number of nitrogens with zero attached hydrogens (tertiary/aromatic N) is 1. The number of aliphatic hydroxyl groups excluding tert-OH is 2. The Hall–Kier alpha value is -3.40. The molecule has 5 atom stereocenters. The molecule has 2 saturated heterocycles. The fourth-order valence-electron chi connectivity index (χ4n) is 5.56. The number of ether oxygens (including phenoxy) is 2. The van der Waals surface area contributed by atoms with Crippen LogP contribution < -0.4 is 5.32 Å². The Morgan fingerprint density at radius 1 is 0.976 bits per heavy atom. The lowest BCUT2D eigenvalue weighted by molar-refractivity contribution is -0.276. The Morgan fingerprint density at radius 2 is 1.68 bits per heavy atom. The number of benzene rings is 3. The average Bonchev–Trinajstić information content (AvgIpc) is 3.39. The van der Waals surface area contributed by atoms with Crippen LogP contribution in [0.3, 0.4) is 0 Å². The van der Waals surface area contributed by atoms with Gasteiger partial charge in [-0.1, -0.05) is 67.6 Å². The van der Waals surface area contributed by atoms with Crippen molar-refractivity contribution in [3.63, 3.8) is 0 Å². The molecule has 5 rings (SSSR count). The molecule has 3 N–H and O–H groups in total. The predicted molar refractivity (Wildman–Crippen MR) is 155 cm³/mol. The minimum absolute atomic E-state index is 0.0117. The molecule has 41 heavy (non-hydrogen) atoms. The normalized spacial score (nSPS) is 24.7. The third-order valence-electron chi connectivity index (χ3n) is 7.98. The summed E-state index contributed by atoms with van der Waals surface area (Å²) < 4.78 is 13.0. The van der Waals surface area contributed by atoms with E-state index in [0.717, 1.165) is 35.2 Å². The van der Waals surface area contributed by atoms with E-state index in [1.807, 2.05) is 48.5 Å². The van der Waals surface area contributed by atoms with Crippen LogP contribution in [0.1, 0.15) is 65.3 Å². The fraction of sp³-hybridized carbons (Fsp3) is 0.394. The molecule has 2 heterocycles. The molecule has 8 nitrogen and oxygen atoms in total. The molecule has 3 aromatic rings. The Morgan fingerprint density at radius 3 is 2.34 bits per heavy atom. The van der Waals surface area contributed by atoms with E-state index in [0.29, 0.717) is 24.3 Å². The van der Waals surface area contributed by atoms with Crippen molar-refractivity contribution < 1.29 is 29.3 Å². The van der Waals surface area contributed by atoms with Crippen molar-refractivity contribution in [2.45, 2.75) is 57.9 Å². The van der Waals surface area contributed by atoms with E-state index in [1.54, 1.807) is 24.3 Å². The number of Topliss-reactive ketones (excluding diaryl/α,β-unsaturated/α-hetero) is 1. The van der Waals surface area contributed by atoms with Crippen molar-refractivity contribution in [1.82, 2.24) is 4.90 Å². The van der Waals surface area contributed by atoms with E-state index in [-0.39, 0.29) is 48.9 Å². The second-order valence-electron chi connectivity index (χ2n) is 11.1. The monoisotopic (exact) mass is 558 g/mol. The van der Waals surface area contributed by atoms with E-state index < -0.39 is 6.29 Å². The summed E-state index contributed by atoms with van der Waals surface area (Å²) in [5, 5.41) is 22.4. The largest absolute Gasteiger partial charge is 0.392 e. The van der Waals surface area contributed by atoms with Gasteiger partial charge < -0.3 is 25.0 Å². The number of carbonyl (C=O) groups excluding carboxylic acids is 2. The molecular formula is C33H38N2O6. The molecule has 3 aromatic carbocycles. The van der Waals surface area contributed by atoms with Crippen molar-refractivity contribution in [2.24, 2.45) is 5.92 Å². The standard InChI is InChI=1S/C33H38N2O6/c1-21-30(19-35-15-14-29(38)18-35)40-33(41-32(21)25-10-8-24(20-36)9-11-25)26-12-6-23(7-13-26)16-31(39)34-28-5-3-4-27(17-28)22(2)37/h3-13,17,21,29-30,32-33,36,38H,14-16,18-20H2,1-2H3,(H,34,39). The van der Waals surface area contributed by atoms with E-state index >= 15 is 0 Å². The van der Waals surface area contributed by atoms with E-state index in [2.05, 4.69) is 17.1 Å². The van der Waals surface area contributed by atoms with E-state index in [1.165, 1.54) is 6.92 Å². The zero-order chi connectivity index (χ0) is 28.9. The molecule has 0 radical (unpaired) electrons. The summed E-state index contributed by atoms with van der Waals surface area (Å²) in [6.07, 6.45) is -0.264. The first kappa shape index (κ1) is 29.1. The van der Waals surface area contributed by atoms with Gasteiger partial charge in [-0.25, -0.2) is 0 Å². The smallest absolute Gasteiger partial charge is 0.228 e. The molecule has 0 bridgehead atoms. The van der Waals surface area contributed by atoms with Crippen LogP contribution in [0.5, 0.6) is 0 Å². The zero-order valence-electron chi connectivity index (χ0n) is 23.5. The van der Waals surface area contributed by atoms with Gasteiger partial charge in [-0.3, -0.25) is 14.5 Å². The number of hydrogen-bond acceptors (Lipinski definition) is 7. The van der Waals surface area contributed by atoms with Crippen LogP contribution in [-0.4, -0.2) is 58.6 Å². The first-order valence-electron chi connectivity index (χ1n) is 14.2. The number of amides is 1. The van der Waals surface area contributed by atoms with Crippen LogP contribution in [0.15, 0.2) is 72.8 Å². The SMILES string of the molecule is CC(=O)c1cccc(NC(=O)Cc2ccc(C3OC(CN4CCC(O)C4)C(C)C(c4ccc(CO)cc4)O3)cc2)c1. The van der Waals surface area contributed by atoms with Gasteiger partial charge in [0.15, 0.2) is 12.1 Å². The van der Waals surface area contributed by atoms with Crippen molar-refractivity contribution in [3.8, 4) is 0 Å². The number of rotatable bonds is 9. The van der Waals surface area contributed by atoms with Gasteiger partial charge >= 0.3 is 0 Å². The topological polar surface area (TPSA) is 108 Å². The van der Waals surface area contributed by atoms with Crippen LogP contribution in [0.25, 0.3) is 0 Å². The van der Waals surface area contributed by atoms with Crippen molar-refractivity contribution in [3.05, 3.63) is 101 Å². The zero-order valence-corrected chi connectivity index (χ0v) is 23.5. The van der Waals surface area contributed by atoms with Gasteiger partial charge in [-0.15, -0.1) is 0 Å². The Labute approximate surface area is 240 Å². The summed E-state index contributed by atoms with van der Waals surface area (Å²) in [5.74, 6) is -0.159.